The molecule has 0 atom stereocenters. The first kappa shape index (κ1) is 23.1. The van der Waals surface area contributed by atoms with Crippen molar-refractivity contribution >= 4 is 17.2 Å². The Balaban J connectivity index is 1.58. The Kier molecular flexibility index (Phi) is 8.23. The van der Waals surface area contributed by atoms with Gasteiger partial charge in [0.15, 0.2) is 0 Å². The van der Waals surface area contributed by atoms with Crippen molar-refractivity contribution in [1.82, 2.24) is 5.48 Å². The number of carbonyl (C=O) groups is 1. The summed E-state index contributed by atoms with van der Waals surface area (Å²) in [6.07, 6.45) is 2.46. The maximum Gasteiger partial charge on any atom is 0.329 e. The SMILES string of the molecule is CONC(=COc1ccc(COc2ccc(C(C#N)=CC(=O)O)cc2)cc1)c1ccccc1. The highest BCUT2D eigenvalue weighted by Crippen LogP contribution is 2.21. The Morgan fingerprint density at radius 1 is 0.970 bits per heavy atom. The first-order valence-electron chi connectivity index (χ1n) is 9.97. The summed E-state index contributed by atoms with van der Waals surface area (Å²) < 4.78 is 11.5. The number of hydrogen-bond donors (Lipinski definition) is 2. The molecule has 0 aliphatic carbocycles. The van der Waals surface area contributed by atoms with Gasteiger partial charge in [0, 0.05) is 11.6 Å². The summed E-state index contributed by atoms with van der Waals surface area (Å²) in [5.74, 6) is 0.0949. The van der Waals surface area contributed by atoms with Crippen LogP contribution in [0.25, 0.3) is 11.3 Å². The van der Waals surface area contributed by atoms with Crippen LogP contribution in [0.15, 0.2) is 91.2 Å². The molecule has 0 fully saturated rings. The number of carboxylic acid groups (broad SMARTS) is 1. The number of nitrogens with zero attached hydrogens (tertiary/aromatic N) is 1. The van der Waals surface area contributed by atoms with Gasteiger partial charge in [-0.2, -0.15) is 5.26 Å². The van der Waals surface area contributed by atoms with Gasteiger partial charge in [-0.15, -0.1) is 0 Å². The molecule has 3 aromatic carbocycles. The van der Waals surface area contributed by atoms with E-state index in [9.17, 15) is 4.79 Å². The fraction of sp³-hybridized carbons (Fsp3) is 0.0769. The lowest BCUT2D eigenvalue weighted by Crippen LogP contribution is -2.11. The molecular weight excluding hydrogens is 420 g/mol. The third kappa shape index (κ3) is 6.99. The number of allylic oxidation sites excluding steroid dienone is 1. The van der Waals surface area contributed by atoms with Gasteiger partial charge in [-0.05, 0) is 47.5 Å². The Hall–Kier alpha value is -4.54. The second kappa shape index (κ2) is 11.7. The predicted molar refractivity (Wildman–Crippen MR) is 124 cm³/mol. The van der Waals surface area contributed by atoms with E-state index in [0.717, 1.165) is 17.2 Å². The largest absolute Gasteiger partial charge is 0.489 e. The average Bonchev–Trinajstić information content (AvgIpc) is 2.85. The molecule has 0 amide bonds. The maximum absolute atomic E-state index is 10.8. The van der Waals surface area contributed by atoms with E-state index in [1.54, 1.807) is 30.5 Å². The van der Waals surface area contributed by atoms with Gasteiger partial charge in [-0.1, -0.05) is 42.5 Å². The van der Waals surface area contributed by atoms with Crippen LogP contribution in [0.1, 0.15) is 16.7 Å². The minimum Gasteiger partial charge on any atom is -0.489 e. The fourth-order valence-electron chi connectivity index (χ4n) is 2.87. The monoisotopic (exact) mass is 442 g/mol. The normalized spacial score (nSPS) is 11.4. The van der Waals surface area contributed by atoms with Gasteiger partial charge >= 0.3 is 5.97 Å². The molecule has 0 unspecified atom stereocenters. The number of aliphatic carboxylic acids is 1. The molecule has 166 valence electrons. The molecule has 2 N–H and O–H groups in total. The van der Waals surface area contributed by atoms with Crippen LogP contribution in [0.2, 0.25) is 0 Å². The molecule has 7 nitrogen and oxygen atoms in total. The highest BCUT2D eigenvalue weighted by Gasteiger charge is 2.05. The molecule has 3 aromatic rings. The summed E-state index contributed by atoms with van der Waals surface area (Å²) in [6.45, 7) is 0.339. The highest BCUT2D eigenvalue weighted by atomic mass is 16.6. The van der Waals surface area contributed by atoms with Crippen molar-refractivity contribution in [3.63, 3.8) is 0 Å². The smallest absolute Gasteiger partial charge is 0.329 e. The Bertz CT molecular complexity index is 1160. The van der Waals surface area contributed by atoms with Crippen LogP contribution in [0, 0.1) is 11.3 Å². The fourth-order valence-corrected chi connectivity index (χ4v) is 2.87. The number of carboxylic acids is 1. The number of nitrogens with one attached hydrogen (secondary N) is 1. The molecule has 0 saturated heterocycles. The number of hydrogen-bond acceptors (Lipinski definition) is 6. The van der Waals surface area contributed by atoms with Crippen molar-refractivity contribution in [2.24, 2.45) is 0 Å². The summed E-state index contributed by atoms with van der Waals surface area (Å²) in [4.78, 5) is 15.8. The van der Waals surface area contributed by atoms with Crippen LogP contribution in [-0.4, -0.2) is 18.2 Å². The number of nitriles is 1. The van der Waals surface area contributed by atoms with Crippen LogP contribution < -0.4 is 15.0 Å². The predicted octanol–water partition coefficient (Wildman–Crippen LogP) is 4.79. The lowest BCUT2D eigenvalue weighted by atomic mass is 10.1. The molecule has 33 heavy (non-hydrogen) atoms. The van der Waals surface area contributed by atoms with Gasteiger partial charge < -0.3 is 14.6 Å². The zero-order chi connectivity index (χ0) is 23.5. The second-order valence-electron chi connectivity index (χ2n) is 6.79. The minimum absolute atomic E-state index is 0.0785. The highest BCUT2D eigenvalue weighted by molar-refractivity contribution is 5.94. The third-order valence-corrected chi connectivity index (χ3v) is 4.49. The first-order chi connectivity index (χ1) is 16.1. The van der Waals surface area contributed by atoms with Crippen LogP contribution in [0.5, 0.6) is 11.5 Å². The first-order valence-corrected chi connectivity index (χ1v) is 9.97. The van der Waals surface area contributed by atoms with E-state index in [1.165, 1.54) is 7.11 Å². The van der Waals surface area contributed by atoms with E-state index in [-0.39, 0.29) is 5.57 Å². The van der Waals surface area contributed by atoms with Gasteiger partial charge in [0.25, 0.3) is 0 Å². The quantitative estimate of drug-likeness (QED) is 0.202. The molecule has 0 aliphatic rings. The number of ether oxygens (including phenoxy) is 2. The molecule has 0 spiro atoms. The van der Waals surface area contributed by atoms with Crippen molar-refractivity contribution in [1.29, 1.82) is 5.26 Å². The summed E-state index contributed by atoms with van der Waals surface area (Å²) in [5.41, 5.74) is 5.96. The van der Waals surface area contributed by atoms with E-state index in [1.807, 2.05) is 60.7 Å². The van der Waals surface area contributed by atoms with Crippen LogP contribution >= 0.6 is 0 Å². The van der Waals surface area contributed by atoms with Gasteiger partial charge in [0.05, 0.1) is 12.7 Å². The van der Waals surface area contributed by atoms with Crippen molar-refractivity contribution < 1.29 is 24.2 Å². The topological polar surface area (TPSA) is 101 Å². The van der Waals surface area contributed by atoms with E-state index in [4.69, 9.17) is 24.7 Å². The van der Waals surface area contributed by atoms with Crippen LogP contribution in [0.3, 0.4) is 0 Å². The molecule has 0 bridgehead atoms. The lowest BCUT2D eigenvalue weighted by molar-refractivity contribution is -0.131. The van der Waals surface area contributed by atoms with Crippen LogP contribution in [-0.2, 0) is 16.2 Å². The molecule has 7 heteroatoms. The summed E-state index contributed by atoms with van der Waals surface area (Å²) in [5, 5.41) is 17.9. The van der Waals surface area contributed by atoms with Crippen molar-refractivity contribution in [2.75, 3.05) is 7.11 Å². The van der Waals surface area contributed by atoms with E-state index in [0.29, 0.717) is 29.4 Å². The van der Waals surface area contributed by atoms with Crippen molar-refractivity contribution in [2.45, 2.75) is 6.61 Å². The second-order valence-corrected chi connectivity index (χ2v) is 6.79. The van der Waals surface area contributed by atoms with Crippen LogP contribution in [0.4, 0.5) is 0 Å². The van der Waals surface area contributed by atoms with E-state index >= 15 is 0 Å². The number of hydroxylamine groups is 1. The van der Waals surface area contributed by atoms with Crippen molar-refractivity contribution in [3.8, 4) is 17.6 Å². The van der Waals surface area contributed by atoms with Gasteiger partial charge in [0.2, 0.25) is 0 Å². The van der Waals surface area contributed by atoms with E-state index < -0.39 is 5.97 Å². The summed E-state index contributed by atoms with van der Waals surface area (Å²) in [7, 11) is 1.54. The number of rotatable bonds is 10. The zero-order valence-electron chi connectivity index (χ0n) is 17.9. The maximum atomic E-state index is 10.8. The molecule has 0 saturated carbocycles. The minimum atomic E-state index is -1.17. The van der Waals surface area contributed by atoms with E-state index in [2.05, 4.69) is 5.48 Å². The molecule has 0 aromatic heterocycles. The lowest BCUT2D eigenvalue weighted by Gasteiger charge is -2.10. The molecule has 0 radical (unpaired) electrons. The molecule has 3 rings (SSSR count). The van der Waals surface area contributed by atoms with Gasteiger partial charge in [-0.25, -0.2) is 4.79 Å². The average molecular weight is 442 g/mol. The van der Waals surface area contributed by atoms with Gasteiger partial charge in [0.1, 0.15) is 36.1 Å². The third-order valence-electron chi connectivity index (χ3n) is 4.49. The molecule has 0 heterocycles. The Morgan fingerprint density at radius 2 is 1.64 bits per heavy atom. The summed E-state index contributed by atoms with van der Waals surface area (Å²) >= 11 is 0. The Labute approximate surface area is 191 Å². The Morgan fingerprint density at radius 3 is 2.24 bits per heavy atom. The van der Waals surface area contributed by atoms with Crippen molar-refractivity contribution in [3.05, 3.63) is 108 Å². The standard InChI is InChI=1S/C26H22N2O5/c1-31-28-25(21-5-3-2-4-6-21)18-33-23-11-7-19(8-12-23)17-32-24-13-9-20(10-14-24)22(16-27)15-26(29)30/h2-15,18,28H,17H2,1H3,(H,29,30). The number of benzene rings is 3. The molecular formula is C26H22N2O5. The molecule has 0 aliphatic heterocycles. The summed E-state index contributed by atoms with van der Waals surface area (Å²) in [6, 6.07) is 25.7. The zero-order valence-corrected chi connectivity index (χ0v) is 17.9. The van der Waals surface area contributed by atoms with Gasteiger partial charge in [-0.3, -0.25) is 10.3 Å².